The van der Waals surface area contributed by atoms with Gasteiger partial charge in [-0.3, -0.25) is 4.90 Å². The summed E-state index contributed by atoms with van der Waals surface area (Å²) in [5.41, 5.74) is 1.03. The lowest BCUT2D eigenvalue weighted by atomic mass is 10.0. The van der Waals surface area contributed by atoms with Gasteiger partial charge in [-0.25, -0.2) is 8.78 Å². The molecule has 1 aromatic rings. The number of rotatable bonds is 9. The largest absolute Gasteiger partial charge is 0.395 e. The number of halogens is 3. The van der Waals surface area contributed by atoms with Gasteiger partial charge in [-0.05, 0) is 31.2 Å². The van der Waals surface area contributed by atoms with Crippen LogP contribution in [0, 0.1) is 0 Å². The van der Waals surface area contributed by atoms with E-state index in [1.54, 1.807) is 11.0 Å². The minimum Gasteiger partial charge on any atom is -0.395 e. The average Bonchev–Trinajstić information content (AvgIpc) is 2.39. The van der Waals surface area contributed by atoms with E-state index in [1.807, 2.05) is 25.2 Å². The molecule has 1 atom stereocenters. The van der Waals surface area contributed by atoms with Crippen molar-refractivity contribution >= 4 is 11.6 Å². The third kappa shape index (κ3) is 6.13. The predicted octanol–water partition coefficient (Wildman–Crippen LogP) is 2.55. The van der Waals surface area contributed by atoms with E-state index in [1.165, 1.54) is 0 Å². The van der Waals surface area contributed by atoms with Gasteiger partial charge in [0.05, 0.1) is 13.2 Å². The molecule has 0 aliphatic heterocycles. The standard InChI is InChI=1S/C14H21ClF2N2O/c1-18-13(11-3-2-4-12(15)9-11)5-6-19(7-8-20)10-14(16)17/h2-4,9,13-14,18,20H,5-8,10H2,1H3. The maximum absolute atomic E-state index is 12.4. The molecule has 0 spiro atoms. The Balaban J connectivity index is 2.58. The number of benzene rings is 1. The van der Waals surface area contributed by atoms with Gasteiger partial charge in [-0.15, -0.1) is 0 Å². The van der Waals surface area contributed by atoms with Gasteiger partial charge in [-0.1, -0.05) is 23.7 Å². The first-order chi connectivity index (χ1) is 9.56. The molecule has 0 aliphatic rings. The van der Waals surface area contributed by atoms with Gasteiger partial charge in [-0.2, -0.15) is 0 Å². The molecule has 114 valence electrons. The van der Waals surface area contributed by atoms with Crippen molar-refractivity contribution < 1.29 is 13.9 Å². The van der Waals surface area contributed by atoms with E-state index in [-0.39, 0.29) is 25.7 Å². The highest BCUT2D eigenvalue weighted by Crippen LogP contribution is 2.20. The molecule has 0 aliphatic carbocycles. The second kappa shape index (κ2) is 9.23. The van der Waals surface area contributed by atoms with Gasteiger partial charge in [0.1, 0.15) is 0 Å². The van der Waals surface area contributed by atoms with Gasteiger partial charge in [0, 0.05) is 24.2 Å². The molecule has 0 bridgehead atoms. The molecule has 0 aromatic heterocycles. The van der Waals surface area contributed by atoms with Crippen molar-refractivity contribution in [1.82, 2.24) is 10.2 Å². The number of alkyl halides is 2. The highest BCUT2D eigenvalue weighted by molar-refractivity contribution is 6.30. The lowest BCUT2D eigenvalue weighted by Crippen LogP contribution is -2.34. The number of nitrogens with one attached hydrogen (secondary N) is 1. The van der Waals surface area contributed by atoms with E-state index in [2.05, 4.69) is 5.32 Å². The molecular formula is C14H21ClF2N2O. The molecular weight excluding hydrogens is 286 g/mol. The fourth-order valence-electron chi connectivity index (χ4n) is 2.14. The van der Waals surface area contributed by atoms with Crippen molar-refractivity contribution in [3.63, 3.8) is 0 Å². The Morgan fingerprint density at radius 1 is 1.35 bits per heavy atom. The van der Waals surface area contributed by atoms with Crippen LogP contribution in [0.15, 0.2) is 24.3 Å². The Bertz CT molecular complexity index is 393. The maximum atomic E-state index is 12.4. The van der Waals surface area contributed by atoms with Crippen LogP contribution in [0.3, 0.4) is 0 Å². The summed E-state index contributed by atoms with van der Waals surface area (Å²) in [5, 5.41) is 12.7. The van der Waals surface area contributed by atoms with E-state index >= 15 is 0 Å². The van der Waals surface area contributed by atoms with Gasteiger partial charge in [0.25, 0.3) is 6.43 Å². The Kier molecular flexibility index (Phi) is 7.99. The van der Waals surface area contributed by atoms with Crippen LogP contribution in [-0.4, -0.2) is 49.7 Å². The Morgan fingerprint density at radius 2 is 2.10 bits per heavy atom. The Labute approximate surface area is 123 Å². The summed E-state index contributed by atoms with van der Waals surface area (Å²) in [5.74, 6) is 0. The first-order valence-corrected chi connectivity index (χ1v) is 6.98. The minimum atomic E-state index is -2.39. The van der Waals surface area contributed by atoms with Gasteiger partial charge in [0.2, 0.25) is 0 Å². The zero-order chi connectivity index (χ0) is 15.0. The fourth-order valence-corrected chi connectivity index (χ4v) is 2.34. The number of nitrogens with zero attached hydrogens (tertiary/aromatic N) is 1. The van der Waals surface area contributed by atoms with Crippen LogP contribution in [0.5, 0.6) is 0 Å². The van der Waals surface area contributed by atoms with Crippen molar-refractivity contribution in [1.29, 1.82) is 0 Å². The topological polar surface area (TPSA) is 35.5 Å². The summed E-state index contributed by atoms with van der Waals surface area (Å²) in [4.78, 5) is 1.57. The van der Waals surface area contributed by atoms with Crippen LogP contribution in [0.1, 0.15) is 18.0 Å². The molecule has 1 unspecified atom stereocenters. The number of aliphatic hydroxyl groups is 1. The van der Waals surface area contributed by atoms with Crippen molar-refractivity contribution in [3.05, 3.63) is 34.9 Å². The van der Waals surface area contributed by atoms with Crippen molar-refractivity contribution in [2.24, 2.45) is 0 Å². The van der Waals surface area contributed by atoms with Crippen LogP contribution >= 0.6 is 11.6 Å². The molecule has 0 fully saturated rings. The van der Waals surface area contributed by atoms with Gasteiger partial charge < -0.3 is 10.4 Å². The SMILES string of the molecule is CNC(CCN(CCO)CC(F)F)c1cccc(Cl)c1. The molecule has 0 saturated carbocycles. The van der Waals surface area contributed by atoms with E-state index in [0.717, 1.165) is 5.56 Å². The molecule has 0 heterocycles. The first kappa shape index (κ1) is 17.3. The summed E-state index contributed by atoms with van der Waals surface area (Å²) in [6.45, 7) is 0.319. The molecule has 6 heteroatoms. The van der Waals surface area contributed by atoms with Crippen LogP contribution in [0.4, 0.5) is 8.78 Å². The van der Waals surface area contributed by atoms with E-state index in [9.17, 15) is 8.78 Å². The summed E-state index contributed by atoms with van der Waals surface area (Å²) >= 11 is 5.96. The zero-order valence-corrected chi connectivity index (χ0v) is 12.3. The van der Waals surface area contributed by atoms with Gasteiger partial charge in [0.15, 0.2) is 0 Å². The number of hydrogen-bond donors (Lipinski definition) is 2. The quantitative estimate of drug-likeness (QED) is 0.736. The summed E-state index contributed by atoms with van der Waals surface area (Å²) in [7, 11) is 1.83. The maximum Gasteiger partial charge on any atom is 0.251 e. The highest BCUT2D eigenvalue weighted by atomic mass is 35.5. The molecule has 0 amide bonds. The second-order valence-electron chi connectivity index (χ2n) is 4.60. The van der Waals surface area contributed by atoms with E-state index in [4.69, 9.17) is 16.7 Å². The molecule has 3 nitrogen and oxygen atoms in total. The zero-order valence-electron chi connectivity index (χ0n) is 11.5. The lowest BCUT2D eigenvalue weighted by Gasteiger charge is -2.24. The summed E-state index contributed by atoms with van der Waals surface area (Å²) < 4.78 is 24.9. The van der Waals surface area contributed by atoms with Crippen molar-refractivity contribution in [2.45, 2.75) is 18.9 Å². The second-order valence-corrected chi connectivity index (χ2v) is 5.04. The number of hydrogen-bond acceptors (Lipinski definition) is 3. The fraction of sp³-hybridized carbons (Fsp3) is 0.571. The first-order valence-electron chi connectivity index (χ1n) is 6.61. The van der Waals surface area contributed by atoms with E-state index in [0.29, 0.717) is 18.0 Å². The van der Waals surface area contributed by atoms with Crippen LogP contribution in [0.25, 0.3) is 0 Å². The molecule has 2 N–H and O–H groups in total. The average molecular weight is 307 g/mol. The predicted molar refractivity (Wildman–Crippen MR) is 77.4 cm³/mol. The van der Waals surface area contributed by atoms with Crippen molar-refractivity contribution in [2.75, 3.05) is 33.3 Å². The third-order valence-electron chi connectivity index (χ3n) is 3.15. The van der Waals surface area contributed by atoms with Gasteiger partial charge >= 0.3 is 0 Å². The summed E-state index contributed by atoms with van der Waals surface area (Å²) in [6.07, 6.45) is -1.72. The molecule has 1 rings (SSSR count). The van der Waals surface area contributed by atoms with Crippen LogP contribution < -0.4 is 5.32 Å². The minimum absolute atomic E-state index is 0.0487. The normalized spacial score (nSPS) is 13.2. The molecule has 20 heavy (non-hydrogen) atoms. The summed E-state index contributed by atoms with van der Waals surface area (Å²) in [6, 6.07) is 7.54. The lowest BCUT2D eigenvalue weighted by molar-refractivity contribution is 0.0763. The highest BCUT2D eigenvalue weighted by Gasteiger charge is 2.15. The number of aliphatic hydroxyl groups excluding tert-OH is 1. The molecule has 1 aromatic carbocycles. The Hall–Kier alpha value is -0.750. The molecule has 0 radical (unpaired) electrons. The van der Waals surface area contributed by atoms with E-state index < -0.39 is 6.43 Å². The third-order valence-corrected chi connectivity index (χ3v) is 3.38. The molecule has 0 saturated heterocycles. The smallest absolute Gasteiger partial charge is 0.251 e. The van der Waals surface area contributed by atoms with Crippen LogP contribution in [0.2, 0.25) is 5.02 Å². The Morgan fingerprint density at radius 3 is 2.65 bits per heavy atom. The van der Waals surface area contributed by atoms with Crippen LogP contribution in [-0.2, 0) is 0 Å². The monoisotopic (exact) mass is 306 g/mol. The van der Waals surface area contributed by atoms with Crippen molar-refractivity contribution in [3.8, 4) is 0 Å².